The van der Waals surface area contributed by atoms with Gasteiger partial charge in [0, 0.05) is 0 Å². The molecule has 8 nitrogen and oxygen atoms in total. The molecule has 10 heteroatoms. The van der Waals surface area contributed by atoms with Crippen LogP contribution in [0.15, 0.2) is 76.6 Å². The van der Waals surface area contributed by atoms with E-state index in [2.05, 4.69) is 9.71 Å². The maximum atomic E-state index is 13.3. The van der Waals surface area contributed by atoms with Crippen LogP contribution in [-0.2, 0) is 32.5 Å². The lowest BCUT2D eigenvalue weighted by molar-refractivity contribution is -0.143. The molecule has 0 atom stereocenters. The summed E-state index contributed by atoms with van der Waals surface area (Å²) in [6, 6.07) is 18.6. The number of nitrogens with zero attached hydrogens (tertiary/aromatic N) is 2. The fourth-order valence-corrected chi connectivity index (χ4v) is 5.91. The van der Waals surface area contributed by atoms with Crippen LogP contribution in [-0.4, -0.2) is 31.5 Å². The molecule has 0 aliphatic rings. The van der Waals surface area contributed by atoms with Gasteiger partial charge in [0.2, 0.25) is 0 Å². The molecule has 0 fully saturated rings. The lowest BCUT2D eigenvalue weighted by atomic mass is 10.2. The second kappa shape index (κ2) is 11.1. The van der Waals surface area contributed by atoms with Crippen LogP contribution in [0.25, 0.3) is 10.2 Å². The molecule has 0 unspecified atom stereocenters. The predicted molar refractivity (Wildman–Crippen MR) is 144 cm³/mol. The Kier molecular flexibility index (Phi) is 7.89. The molecule has 192 valence electrons. The average Bonchev–Trinajstić information content (AvgIpc) is 3.20. The van der Waals surface area contributed by atoms with Gasteiger partial charge in [-0.25, -0.2) is 8.42 Å². The topological polar surface area (TPSA) is 107 Å². The van der Waals surface area contributed by atoms with Crippen molar-refractivity contribution < 1.29 is 22.7 Å². The molecule has 4 rings (SSSR count). The summed E-state index contributed by atoms with van der Waals surface area (Å²) in [7, 11) is -3.93. The molecule has 1 heterocycles. The zero-order valence-electron chi connectivity index (χ0n) is 20.7. The van der Waals surface area contributed by atoms with Crippen LogP contribution in [0.5, 0.6) is 0 Å². The number of rotatable bonds is 8. The summed E-state index contributed by atoms with van der Waals surface area (Å²) < 4.78 is 36.1. The molecule has 0 radical (unpaired) electrons. The van der Waals surface area contributed by atoms with E-state index in [0.717, 1.165) is 27.8 Å². The average molecular weight is 538 g/mol. The van der Waals surface area contributed by atoms with Crippen LogP contribution in [0.4, 0.5) is 5.69 Å². The summed E-state index contributed by atoms with van der Waals surface area (Å²) in [4.78, 5) is 30.4. The van der Waals surface area contributed by atoms with Gasteiger partial charge in [0.15, 0.2) is 4.80 Å². The van der Waals surface area contributed by atoms with Gasteiger partial charge in [0.05, 0.1) is 33.0 Å². The molecule has 0 saturated heterocycles. The largest absolute Gasteiger partial charge is 0.465 e. The summed E-state index contributed by atoms with van der Waals surface area (Å²) >= 11 is 1.28. The Morgan fingerprint density at radius 1 is 1.03 bits per heavy atom. The number of amides is 1. The Morgan fingerprint density at radius 2 is 1.76 bits per heavy atom. The molecular formula is C27H27N3O5S2. The number of carbonyl (C=O) groups is 2. The molecule has 0 saturated carbocycles. The number of nitrogens with one attached hydrogen (secondary N) is 1. The number of hydrogen-bond acceptors (Lipinski definition) is 6. The van der Waals surface area contributed by atoms with Crippen molar-refractivity contribution in [3.63, 3.8) is 0 Å². The highest BCUT2D eigenvalue weighted by atomic mass is 32.2. The van der Waals surface area contributed by atoms with Crippen molar-refractivity contribution in [1.82, 2.24) is 4.57 Å². The molecule has 1 aromatic heterocycles. The van der Waals surface area contributed by atoms with Gasteiger partial charge in [-0.05, 0) is 62.2 Å². The number of fused-ring (bicyclic) bond motifs is 1. The van der Waals surface area contributed by atoms with Gasteiger partial charge in [0.25, 0.3) is 15.9 Å². The van der Waals surface area contributed by atoms with Crippen molar-refractivity contribution in [3.05, 3.63) is 88.2 Å². The van der Waals surface area contributed by atoms with E-state index in [1.807, 2.05) is 32.0 Å². The zero-order valence-corrected chi connectivity index (χ0v) is 22.4. The predicted octanol–water partition coefficient (Wildman–Crippen LogP) is 4.68. The van der Waals surface area contributed by atoms with Crippen LogP contribution in [0.3, 0.4) is 0 Å². The maximum Gasteiger partial charge on any atom is 0.326 e. The first-order chi connectivity index (χ1) is 17.7. The number of ether oxygens (including phenoxy) is 1. The number of thiazole rings is 1. The Hall–Kier alpha value is -3.76. The van der Waals surface area contributed by atoms with E-state index in [-0.39, 0.29) is 29.3 Å². The van der Waals surface area contributed by atoms with Gasteiger partial charge in [-0.1, -0.05) is 54.2 Å². The van der Waals surface area contributed by atoms with Crippen LogP contribution >= 0.6 is 11.3 Å². The summed E-state index contributed by atoms with van der Waals surface area (Å²) in [5.41, 5.74) is 3.01. The fourth-order valence-electron chi connectivity index (χ4n) is 3.74. The first-order valence-corrected chi connectivity index (χ1v) is 14.1. The third-order valence-corrected chi connectivity index (χ3v) is 8.10. The molecule has 1 amide bonds. The minimum Gasteiger partial charge on any atom is -0.465 e. The Balaban J connectivity index is 1.76. The smallest absolute Gasteiger partial charge is 0.326 e. The number of esters is 1. The second-order valence-electron chi connectivity index (χ2n) is 8.31. The number of hydrogen-bond donors (Lipinski definition) is 1. The van der Waals surface area contributed by atoms with E-state index in [1.165, 1.54) is 35.6 Å². The monoisotopic (exact) mass is 537 g/mol. The molecular weight excluding hydrogens is 510 g/mol. The van der Waals surface area contributed by atoms with E-state index < -0.39 is 21.9 Å². The molecule has 4 aromatic rings. The number of aromatic nitrogens is 1. The van der Waals surface area contributed by atoms with Gasteiger partial charge in [-0.3, -0.25) is 14.3 Å². The van der Waals surface area contributed by atoms with E-state index >= 15 is 0 Å². The van der Waals surface area contributed by atoms with Crippen molar-refractivity contribution in [2.24, 2.45) is 4.99 Å². The van der Waals surface area contributed by atoms with Gasteiger partial charge >= 0.3 is 5.97 Å². The minimum absolute atomic E-state index is 0.0841. The quantitative estimate of drug-likeness (QED) is 0.329. The summed E-state index contributed by atoms with van der Waals surface area (Å²) in [6.07, 6.45) is 0.839. The molecule has 1 N–H and O–H groups in total. The third kappa shape index (κ3) is 5.98. The van der Waals surface area contributed by atoms with Crippen molar-refractivity contribution >= 4 is 49.1 Å². The number of aryl methyl sites for hydroxylation is 2. The van der Waals surface area contributed by atoms with E-state index in [1.54, 1.807) is 35.8 Å². The Morgan fingerprint density at radius 3 is 2.46 bits per heavy atom. The summed E-state index contributed by atoms with van der Waals surface area (Å²) in [5.74, 6) is -1.08. The normalized spacial score (nSPS) is 12.0. The zero-order chi connectivity index (χ0) is 26.6. The lowest BCUT2D eigenvalue weighted by Gasteiger charge is -2.11. The lowest BCUT2D eigenvalue weighted by Crippen LogP contribution is -2.23. The van der Waals surface area contributed by atoms with Crippen molar-refractivity contribution in [2.45, 2.75) is 38.6 Å². The fraction of sp³-hybridized carbons (Fsp3) is 0.222. The van der Waals surface area contributed by atoms with Crippen LogP contribution in [0, 0.1) is 6.92 Å². The second-order valence-corrected chi connectivity index (χ2v) is 11.0. The summed E-state index contributed by atoms with van der Waals surface area (Å²) in [5, 5.41) is 0. The molecule has 0 aliphatic heterocycles. The molecule has 0 aliphatic carbocycles. The van der Waals surface area contributed by atoms with E-state index in [4.69, 9.17) is 4.74 Å². The molecule has 37 heavy (non-hydrogen) atoms. The molecule has 0 bridgehead atoms. The Labute approximate surface area is 219 Å². The number of anilines is 1. The van der Waals surface area contributed by atoms with Crippen molar-refractivity contribution in [2.75, 3.05) is 11.3 Å². The summed E-state index contributed by atoms with van der Waals surface area (Å²) in [6.45, 7) is 5.77. The van der Waals surface area contributed by atoms with Crippen LogP contribution < -0.4 is 9.52 Å². The Bertz CT molecular complexity index is 1630. The van der Waals surface area contributed by atoms with Gasteiger partial charge in [-0.2, -0.15) is 4.99 Å². The first kappa shape index (κ1) is 26.3. The minimum atomic E-state index is -3.93. The highest BCUT2D eigenvalue weighted by molar-refractivity contribution is 7.92. The maximum absolute atomic E-state index is 13.3. The van der Waals surface area contributed by atoms with Crippen molar-refractivity contribution in [3.8, 4) is 0 Å². The number of para-hydroxylation sites is 1. The highest BCUT2D eigenvalue weighted by Crippen LogP contribution is 2.23. The van der Waals surface area contributed by atoms with Crippen molar-refractivity contribution in [1.29, 1.82) is 0 Å². The first-order valence-electron chi connectivity index (χ1n) is 11.8. The third-order valence-electron chi connectivity index (χ3n) is 5.68. The van der Waals surface area contributed by atoms with Gasteiger partial charge in [-0.15, -0.1) is 0 Å². The number of carbonyl (C=O) groups excluding carboxylic acids is 2. The van der Waals surface area contributed by atoms with Gasteiger partial charge < -0.3 is 9.30 Å². The highest BCUT2D eigenvalue weighted by Gasteiger charge is 2.19. The van der Waals surface area contributed by atoms with Crippen LogP contribution in [0.2, 0.25) is 0 Å². The number of sulfonamides is 1. The molecule has 0 spiro atoms. The van der Waals surface area contributed by atoms with Crippen LogP contribution in [0.1, 0.15) is 35.3 Å². The van der Waals surface area contributed by atoms with E-state index in [0.29, 0.717) is 4.80 Å². The standard InChI is InChI=1S/C27H27N3O5S2/c1-4-19-12-15-23-24(16-19)36-27(30(23)17-25(31)35-5-2)28-26(32)21-8-6-7-9-22(21)29-37(33,34)20-13-10-18(3)11-14-20/h6-16,29H,4-5,17H2,1-3H3. The molecule has 3 aromatic carbocycles. The van der Waals surface area contributed by atoms with E-state index in [9.17, 15) is 18.0 Å². The number of benzene rings is 3. The SMILES string of the molecule is CCOC(=O)Cn1c(=NC(=O)c2ccccc2NS(=O)(=O)c2ccc(C)cc2)sc2cc(CC)ccc21. The van der Waals surface area contributed by atoms with Gasteiger partial charge in [0.1, 0.15) is 6.54 Å².